The minimum Gasteiger partial charge on any atom is -0.395 e. The van der Waals surface area contributed by atoms with Crippen molar-refractivity contribution < 1.29 is 5.11 Å². The maximum Gasteiger partial charge on any atom is 0.0558 e. The largest absolute Gasteiger partial charge is 0.395 e. The highest BCUT2D eigenvalue weighted by atomic mass is 16.3. The monoisotopic (exact) mass is 232 g/mol. The summed E-state index contributed by atoms with van der Waals surface area (Å²) in [7, 11) is 0. The summed E-state index contributed by atoms with van der Waals surface area (Å²) in [6, 6.07) is 8.13. The van der Waals surface area contributed by atoms with Crippen LogP contribution >= 0.6 is 0 Å². The Morgan fingerprint density at radius 3 is 2.88 bits per heavy atom. The van der Waals surface area contributed by atoms with Crippen molar-refractivity contribution in [2.45, 2.75) is 13.5 Å². The molecule has 0 heterocycles. The highest BCUT2D eigenvalue weighted by molar-refractivity contribution is 5.37. The van der Waals surface area contributed by atoms with Crippen LogP contribution in [-0.4, -0.2) is 36.2 Å². The second-order valence-electron chi connectivity index (χ2n) is 3.80. The summed E-state index contributed by atoms with van der Waals surface area (Å²) >= 11 is 0. The Morgan fingerprint density at radius 2 is 2.24 bits per heavy atom. The van der Waals surface area contributed by atoms with Crippen LogP contribution < -0.4 is 5.73 Å². The van der Waals surface area contributed by atoms with Gasteiger partial charge in [0.15, 0.2) is 0 Å². The lowest BCUT2D eigenvalue weighted by molar-refractivity contribution is 0.197. The second-order valence-corrected chi connectivity index (χ2v) is 3.80. The molecule has 3 N–H and O–H groups in total. The van der Waals surface area contributed by atoms with Crippen LogP contribution in [0.4, 0.5) is 0 Å². The van der Waals surface area contributed by atoms with Crippen molar-refractivity contribution >= 4 is 0 Å². The molecular formula is C14H20N2O. The van der Waals surface area contributed by atoms with Gasteiger partial charge in [0, 0.05) is 18.7 Å². The van der Waals surface area contributed by atoms with Crippen LogP contribution in [0.5, 0.6) is 0 Å². The van der Waals surface area contributed by atoms with Crippen molar-refractivity contribution in [2.24, 2.45) is 5.73 Å². The zero-order chi connectivity index (χ0) is 12.5. The van der Waals surface area contributed by atoms with E-state index in [9.17, 15) is 0 Å². The summed E-state index contributed by atoms with van der Waals surface area (Å²) in [4.78, 5) is 2.19. The fraction of sp³-hybridized carbons (Fsp3) is 0.429. The van der Waals surface area contributed by atoms with Gasteiger partial charge in [0.25, 0.3) is 0 Å². The molecule has 0 atom stereocenters. The van der Waals surface area contributed by atoms with Gasteiger partial charge in [-0.25, -0.2) is 0 Å². The summed E-state index contributed by atoms with van der Waals surface area (Å²) in [6.45, 7) is 5.15. The van der Waals surface area contributed by atoms with E-state index in [-0.39, 0.29) is 6.61 Å². The van der Waals surface area contributed by atoms with E-state index in [2.05, 4.69) is 35.8 Å². The summed E-state index contributed by atoms with van der Waals surface area (Å²) < 4.78 is 0. The predicted molar refractivity (Wildman–Crippen MR) is 70.4 cm³/mol. The Morgan fingerprint density at radius 1 is 1.41 bits per heavy atom. The van der Waals surface area contributed by atoms with E-state index in [1.165, 1.54) is 5.56 Å². The minimum atomic E-state index is 0.195. The molecule has 1 aromatic carbocycles. The summed E-state index contributed by atoms with van der Waals surface area (Å²) in [5.41, 5.74) is 7.55. The quantitative estimate of drug-likeness (QED) is 0.739. The minimum absolute atomic E-state index is 0.195. The standard InChI is InChI=1S/C14H20N2O/c1-2-16(9-10-17)12-14-6-3-5-13(11-14)7-4-8-15/h3,5-6,11,17H,2,8-10,12,15H2,1H3. The number of aliphatic hydroxyl groups is 1. The van der Waals surface area contributed by atoms with Crippen molar-refractivity contribution in [3.8, 4) is 11.8 Å². The van der Waals surface area contributed by atoms with Gasteiger partial charge in [-0.1, -0.05) is 30.9 Å². The normalized spacial score (nSPS) is 10.1. The molecule has 0 spiro atoms. The van der Waals surface area contributed by atoms with Crippen LogP contribution in [0.1, 0.15) is 18.1 Å². The molecule has 0 fully saturated rings. The van der Waals surface area contributed by atoms with E-state index in [1.807, 2.05) is 12.1 Å². The molecule has 0 aliphatic heterocycles. The van der Waals surface area contributed by atoms with Gasteiger partial charge in [0.05, 0.1) is 13.2 Å². The average molecular weight is 232 g/mol. The number of rotatable bonds is 5. The van der Waals surface area contributed by atoms with Crippen molar-refractivity contribution in [1.29, 1.82) is 0 Å². The number of benzene rings is 1. The zero-order valence-electron chi connectivity index (χ0n) is 10.3. The van der Waals surface area contributed by atoms with Gasteiger partial charge in [0.2, 0.25) is 0 Å². The first kappa shape index (κ1) is 13.7. The molecule has 0 radical (unpaired) electrons. The van der Waals surface area contributed by atoms with Crippen LogP contribution in [0, 0.1) is 11.8 Å². The van der Waals surface area contributed by atoms with Crippen LogP contribution in [-0.2, 0) is 6.54 Å². The molecule has 17 heavy (non-hydrogen) atoms. The lowest BCUT2D eigenvalue weighted by Gasteiger charge is -2.19. The van der Waals surface area contributed by atoms with Gasteiger partial charge >= 0.3 is 0 Å². The Labute approximate surface area is 103 Å². The summed E-state index contributed by atoms with van der Waals surface area (Å²) in [5.74, 6) is 5.87. The molecular weight excluding hydrogens is 212 g/mol. The van der Waals surface area contributed by atoms with Crippen molar-refractivity contribution in [3.05, 3.63) is 35.4 Å². The first-order chi connectivity index (χ1) is 8.30. The van der Waals surface area contributed by atoms with E-state index < -0.39 is 0 Å². The van der Waals surface area contributed by atoms with E-state index in [4.69, 9.17) is 10.8 Å². The van der Waals surface area contributed by atoms with Gasteiger partial charge in [-0.2, -0.15) is 0 Å². The lowest BCUT2D eigenvalue weighted by Crippen LogP contribution is -2.26. The smallest absolute Gasteiger partial charge is 0.0558 e. The highest BCUT2D eigenvalue weighted by Crippen LogP contribution is 2.07. The predicted octanol–water partition coefficient (Wildman–Crippen LogP) is 0.811. The topological polar surface area (TPSA) is 49.5 Å². The Bertz CT molecular complexity index is 393. The SMILES string of the molecule is CCN(CCO)Cc1cccc(C#CCN)c1. The molecule has 1 aromatic rings. The molecule has 92 valence electrons. The van der Waals surface area contributed by atoms with Crippen molar-refractivity contribution in [1.82, 2.24) is 4.90 Å². The molecule has 0 unspecified atom stereocenters. The Kier molecular flexibility index (Phi) is 6.34. The van der Waals surface area contributed by atoms with Crippen LogP contribution in [0.25, 0.3) is 0 Å². The maximum absolute atomic E-state index is 8.94. The number of aliphatic hydroxyl groups excluding tert-OH is 1. The molecule has 3 heteroatoms. The third kappa shape index (κ3) is 5.01. The van der Waals surface area contributed by atoms with Crippen LogP contribution in [0.15, 0.2) is 24.3 Å². The van der Waals surface area contributed by atoms with Crippen molar-refractivity contribution in [3.63, 3.8) is 0 Å². The van der Waals surface area contributed by atoms with Crippen LogP contribution in [0.3, 0.4) is 0 Å². The molecule has 1 rings (SSSR count). The molecule has 0 bridgehead atoms. The number of likely N-dealkylation sites (N-methyl/N-ethyl adjacent to an activating group) is 1. The van der Waals surface area contributed by atoms with E-state index in [0.29, 0.717) is 13.1 Å². The highest BCUT2D eigenvalue weighted by Gasteiger charge is 2.02. The average Bonchev–Trinajstić information content (AvgIpc) is 2.36. The molecule has 3 nitrogen and oxygen atoms in total. The fourth-order valence-corrected chi connectivity index (χ4v) is 1.65. The second kappa shape index (κ2) is 7.86. The van der Waals surface area contributed by atoms with Gasteiger partial charge < -0.3 is 10.8 Å². The fourth-order valence-electron chi connectivity index (χ4n) is 1.65. The molecule has 0 amide bonds. The third-order valence-corrected chi connectivity index (χ3v) is 2.53. The molecule has 0 aromatic heterocycles. The lowest BCUT2D eigenvalue weighted by atomic mass is 10.1. The van der Waals surface area contributed by atoms with Crippen LogP contribution in [0.2, 0.25) is 0 Å². The van der Waals surface area contributed by atoms with E-state index in [1.54, 1.807) is 0 Å². The zero-order valence-corrected chi connectivity index (χ0v) is 10.3. The van der Waals surface area contributed by atoms with Gasteiger partial charge in [0.1, 0.15) is 0 Å². The number of hydrogen-bond donors (Lipinski definition) is 2. The number of nitrogens with two attached hydrogens (primary N) is 1. The number of nitrogens with zero attached hydrogens (tertiary/aromatic N) is 1. The summed E-state index contributed by atoms with van der Waals surface area (Å²) in [6.07, 6.45) is 0. The molecule has 0 saturated heterocycles. The third-order valence-electron chi connectivity index (χ3n) is 2.53. The summed E-state index contributed by atoms with van der Waals surface area (Å²) in [5, 5.41) is 8.94. The number of hydrogen-bond acceptors (Lipinski definition) is 3. The molecule has 0 aliphatic carbocycles. The van der Waals surface area contributed by atoms with E-state index in [0.717, 1.165) is 18.7 Å². The first-order valence-corrected chi connectivity index (χ1v) is 5.91. The molecule has 0 aliphatic rings. The van der Waals surface area contributed by atoms with Crippen molar-refractivity contribution in [2.75, 3.05) is 26.2 Å². The first-order valence-electron chi connectivity index (χ1n) is 5.91. The molecule has 0 saturated carbocycles. The van der Waals surface area contributed by atoms with Gasteiger partial charge in [-0.3, -0.25) is 4.90 Å². The van der Waals surface area contributed by atoms with Gasteiger partial charge in [-0.15, -0.1) is 0 Å². The maximum atomic E-state index is 8.94. The Balaban J connectivity index is 2.70. The Hall–Kier alpha value is -1.34. The van der Waals surface area contributed by atoms with E-state index >= 15 is 0 Å². The van der Waals surface area contributed by atoms with Gasteiger partial charge in [-0.05, 0) is 24.2 Å².